The van der Waals surface area contributed by atoms with Crippen molar-refractivity contribution in [1.29, 1.82) is 10.5 Å². The number of rotatable bonds is 8. The van der Waals surface area contributed by atoms with E-state index in [1.807, 2.05) is 133 Å². The number of ether oxygens (including phenoxy) is 2. The van der Waals surface area contributed by atoms with Crippen LogP contribution in [0.3, 0.4) is 0 Å². The Morgan fingerprint density at radius 3 is 1.17 bits per heavy atom. The fraction of sp³-hybridized carbons (Fsp3) is 0.129. The summed E-state index contributed by atoms with van der Waals surface area (Å²) in [5.74, 6) is 2.06. The van der Waals surface area contributed by atoms with Gasteiger partial charge in [-0.1, -0.05) is 139 Å². The molecule has 0 radical (unpaired) electrons. The van der Waals surface area contributed by atoms with E-state index in [-0.39, 0.29) is 56.0 Å². The molecule has 0 amide bonds. The molecule has 0 saturated carbocycles. The van der Waals surface area contributed by atoms with Crippen LogP contribution in [0.15, 0.2) is 192 Å². The van der Waals surface area contributed by atoms with Crippen LogP contribution in [0.2, 0.25) is 0 Å². The van der Waals surface area contributed by atoms with Gasteiger partial charge in [-0.2, -0.15) is 20.5 Å². The number of aromatic nitrogens is 8. The maximum atomic E-state index is 13.4. The Morgan fingerprint density at radius 1 is 0.474 bits per heavy atom. The largest absolute Gasteiger partial charge is 0.438 e. The van der Waals surface area contributed by atoms with Gasteiger partial charge in [0.05, 0.1) is 33.2 Å². The Hall–Kier alpha value is -10.2. The standard InChI is InChI=1S/2C28H23N5O2.C6H6/c2*1-28(2,3)19-11-13-20(14-12-19)35-26-21(27(34)33-15-7-6-10-24(33)32-26)16-18(17-29)25-30-22-8-4-5-9-23(22)31-25;1-2-4-6-5-3-1/h2*4-16H,1-3H3,(H,30,31);1-6H/b2*18-16+;. The molecule has 0 unspecified atom stereocenters. The zero-order valence-electron chi connectivity index (χ0n) is 42.7. The smallest absolute Gasteiger partial charge is 0.269 e. The fourth-order valence-electron chi connectivity index (χ4n) is 7.98. The molecule has 2 N–H and O–H groups in total. The molecule has 0 aliphatic carbocycles. The third-order valence-electron chi connectivity index (χ3n) is 12.1. The molecule has 0 atom stereocenters. The lowest BCUT2D eigenvalue weighted by atomic mass is 9.87. The highest BCUT2D eigenvalue weighted by atomic mass is 16.5. The molecule has 6 aromatic heterocycles. The Kier molecular flexibility index (Phi) is 14.6. The first-order chi connectivity index (χ1) is 36.7. The molecular formula is C62H52N10O4. The average Bonchev–Trinajstić information content (AvgIpc) is 4.08. The van der Waals surface area contributed by atoms with Crippen LogP contribution in [0.4, 0.5) is 0 Å². The van der Waals surface area contributed by atoms with Crippen molar-refractivity contribution >= 4 is 56.7 Å². The minimum absolute atomic E-state index is 0.000729. The van der Waals surface area contributed by atoms with Gasteiger partial charge < -0.3 is 19.4 Å². The third kappa shape index (κ3) is 11.5. The van der Waals surface area contributed by atoms with E-state index in [9.17, 15) is 20.1 Å². The third-order valence-corrected chi connectivity index (χ3v) is 12.1. The second-order valence-corrected chi connectivity index (χ2v) is 19.6. The first-order valence-corrected chi connectivity index (χ1v) is 24.4. The van der Waals surface area contributed by atoms with Crippen LogP contribution >= 0.6 is 0 Å². The van der Waals surface area contributed by atoms with Crippen molar-refractivity contribution in [2.24, 2.45) is 0 Å². The number of fused-ring (bicyclic) bond motifs is 4. The summed E-state index contributed by atoms with van der Waals surface area (Å²) in [6.07, 6.45) is 6.23. The highest BCUT2D eigenvalue weighted by molar-refractivity contribution is 5.92. The van der Waals surface area contributed by atoms with Crippen LogP contribution in [0.5, 0.6) is 23.3 Å². The average molecular weight is 1000 g/mol. The molecule has 0 spiro atoms. The van der Waals surface area contributed by atoms with E-state index in [2.05, 4.69) is 83.6 Å². The predicted octanol–water partition coefficient (Wildman–Crippen LogP) is 13.1. The van der Waals surface area contributed by atoms with Gasteiger partial charge in [-0.25, -0.2) is 9.97 Å². The van der Waals surface area contributed by atoms with Gasteiger partial charge in [0.2, 0.25) is 11.8 Å². The number of para-hydroxylation sites is 4. The van der Waals surface area contributed by atoms with Crippen molar-refractivity contribution in [1.82, 2.24) is 38.7 Å². The number of H-pyrrole nitrogens is 2. The number of allylic oxidation sites excluding steroid dienone is 2. The summed E-state index contributed by atoms with van der Waals surface area (Å²) in [5.41, 5.74) is 6.28. The molecule has 0 aliphatic rings. The molecule has 0 aliphatic heterocycles. The number of hydrogen-bond donors (Lipinski definition) is 2. The summed E-state index contributed by atoms with van der Waals surface area (Å²) >= 11 is 0. The zero-order chi connectivity index (χ0) is 53.4. The lowest BCUT2D eigenvalue weighted by Crippen LogP contribution is -2.18. The number of pyridine rings is 2. The van der Waals surface area contributed by atoms with Crippen molar-refractivity contribution in [3.8, 4) is 35.4 Å². The summed E-state index contributed by atoms with van der Waals surface area (Å²) in [7, 11) is 0. The molecule has 0 saturated heterocycles. The van der Waals surface area contributed by atoms with Gasteiger partial charge >= 0.3 is 0 Å². The van der Waals surface area contributed by atoms with Crippen LogP contribution in [0, 0.1) is 22.7 Å². The molecule has 374 valence electrons. The Morgan fingerprint density at radius 2 is 0.829 bits per heavy atom. The molecule has 76 heavy (non-hydrogen) atoms. The molecule has 11 aromatic rings. The first-order valence-electron chi connectivity index (χ1n) is 24.4. The topological polar surface area (TPSA) is 192 Å². The summed E-state index contributed by atoms with van der Waals surface area (Å²) in [5, 5.41) is 19.8. The molecule has 0 bridgehead atoms. The molecule has 6 heterocycles. The zero-order valence-corrected chi connectivity index (χ0v) is 42.7. The number of hydrogen-bond acceptors (Lipinski definition) is 10. The van der Waals surface area contributed by atoms with Crippen LogP contribution in [-0.2, 0) is 10.8 Å². The van der Waals surface area contributed by atoms with Crippen molar-refractivity contribution in [3.05, 3.63) is 237 Å². The van der Waals surface area contributed by atoms with Crippen LogP contribution in [-0.4, -0.2) is 38.7 Å². The van der Waals surface area contributed by atoms with Gasteiger partial charge in [-0.3, -0.25) is 18.4 Å². The molecule has 0 fully saturated rings. The van der Waals surface area contributed by atoms with E-state index in [4.69, 9.17) is 9.47 Å². The fourth-order valence-corrected chi connectivity index (χ4v) is 7.98. The number of aromatic amines is 2. The van der Waals surface area contributed by atoms with Crippen molar-refractivity contribution in [3.63, 3.8) is 0 Å². The lowest BCUT2D eigenvalue weighted by molar-refractivity contribution is 0.459. The number of nitrogens with one attached hydrogen (secondary N) is 2. The summed E-state index contributed by atoms with van der Waals surface area (Å²) in [6, 6.07) is 57.2. The minimum atomic E-state index is -0.347. The van der Waals surface area contributed by atoms with Crippen LogP contribution in [0.25, 0.3) is 56.7 Å². The maximum Gasteiger partial charge on any atom is 0.269 e. The highest BCUT2D eigenvalue weighted by Gasteiger charge is 2.20. The van der Waals surface area contributed by atoms with Gasteiger partial charge in [0.1, 0.15) is 57.7 Å². The molecule has 11 rings (SSSR count). The first kappa shape index (κ1) is 50.7. The van der Waals surface area contributed by atoms with E-state index in [0.717, 1.165) is 33.2 Å². The van der Waals surface area contributed by atoms with Crippen molar-refractivity contribution in [2.45, 2.75) is 52.4 Å². The second kappa shape index (κ2) is 21.9. The number of imidazole rings is 2. The lowest BCUT2D eigenvalue weighted by Gasteiger charge is -2.19. The summed E-state index contributed by atoms with van der Waals surface area (Å²) in [6.45, 7) is 12.8. The normalized spacial score (nSPS) is 11.8. The Labute approximate surface area is 438 Å². The van der Waals surface area contributed by atoms with Crippen molar-refractivity contribution < 1.29 is 9.47 Å². The van der Waals surface area contributed by atoms with E-state index in [0.29, 0.717) is 34.4 Å². The predicted molar refractivity (Wildman–Crippen MR) is 299 cm³/mol. The van der Waals surface area contributed by atoms with Gasteiger partial charge in [0.25, 0.3) is 11.1 Å². The SMILES string of the molecule is CC(C)(C)c1ccc(Oc2nc3ccccn3c(=O)c2/C=C(\C#N)c2nc3ccccc3[nH]2)cc1.CC(C)(C)c1ccc(Oc2nc3ccccn3c(=O)c2/C=C(\C#N)c2nc3ccccc3[nH]2)cc1.c1ccccc1. The highest BCUT2D eigenvalue weighted by Crippen LogP contribution is 2.31. The summed E-state index contributed by atoms with van der Waals surface area (Å²) in [4.78, 5) is 51.3. The van der Waals surface area contributed by atoms with Gasteiger partial charge in [0.15, 0.2) is 0 Å². The second-order valence-electron chi connectivity index (χ2n) is 19.6. The Balaban J connectivity index is 0.000000167. The summed E-state index contributed by atoms with van der Waals surface area (Å²) < 4.78 is 15.0. The molecule has 5 aromatic carbocycles. The van der Waals surface area contributed by atoms with E-state index in [1.54, 1.807) is 48.8 Å². The van der Waals surface area contributed by atoms with Gasteiger partial charge in [0, 0.05) is 12.4 Å². The molecule has 14 nitrogen and oxygen atoms in total. The van der Waals surface area contributed by atoms with Gasteiger partial charge in [-0.05, 0) is 107 Å². The van der Waals surface area contributed by atoms with Crippen molar-refractivity contribution in [2.75, 3.05) is 0 Å². The van der Waals surface area contributed by atoms with Crippen LogP contribution in [0.1, 0.15) is 75.4 Å². The Bertz CT molecular complexity index is 3800. The number of nitriles is 2. The maximum absolute atomic E-state index is 13.4. The quantitative estimate of drug-likeness (QED) is 0.138. The monoisotopic (exact) mass is 1000 g/mol. The van der Waals surface area contributed by atoms with Gasteiger partial charge in [-0.15, -0.1) is 0 Å². The minimum Gasteiger partial charge on any atom is -0.438 e. The van der Waals surface area contributed by atoms with Crippen LogP contribution < -0.4 is 20.6 Å². The van der Waals surface area contributed by atoms with E-state index < -0.39 is 0 Å². The van der Waals surface area contributed by atoms with E-state index in [1.165, 1.54) is 21.0 Å². The van der Waals surface area contributed by atoms with E-state index >= 15 is 0 Å². The number of benzene rings is 5. The molecular weight excluding hydrogens is 949 g/mol. The molecule has 14 heteroatoms. The number of nitrogens with zero attached hydrogens (tertiary/aromatic N) is 8.